The van der Waals surface area contributed by atoms with Crippen LogP contribution < -0.4 is 5.32 Å². The second-order valence-corrected chi connectivity index (χ2v) is 3.31. The van der Waals surface area contributed by atoms with Crippen molar-refractivity contribution in [1.29, 1.82) is 0 Å². The largest absolute Gasteiger partial charge is 0.477 e. The minimum Gasteiger partial charge on any atom is -0.477 e. The number of aromatic carboxylic acids is 1. The van der Waals surface area contributed by atoms with Gasteiger partial charge in [0.15, 0.2) is 0 Å². The summed E-state index contributed by atoms with van der Waals surface area (Å²) in [5.41, 5.74) is 2.47. The van der Waals surface area contributed by atoms with E-state index in [1.165, 1.54) is 0 Å². The zero-order valence-electron chi connectivity index (χ0n) is 7.42. The molecule has 0 aromatic carbocycles. The van der Waals surface area contributed by atoms with Crippen molar-refractivity contribution in [2.45, 2.75) is 18.9 Å². The van der Waals surface area contributed by atoms with E-state index in [2.05, 4.69) is 10.3 Å². The molecule has 0 radical (unpaired) electrons. The lowest BCUT2D eigenvalue weighted by Gasteiger charge is -2.06. The number of carbonyl (C=O) groups is 1. The predicted molar refractivity (Wildman–Crippen MR) is 47.9 cm³/mol. The van der Waals surface area contributed by atoms with Crippen molar-refractivity contribution >= 4 is 5.97 Å². The summed E-state index contributed by atoms with van der Waals surface area (Å²) in [4.78, 5) is 13.6. The highest BCUT2D eigenvalue weighted by atomic mass is 16.4. The second kappa shape index (κ2) is 2.88. The van der Waals surface area contributed by atoms with Crippen molar-refractivity contribution in [1.82, 2.24) is 10.3 Å². The van der Waals surface area contributed by atoms with Gasteiger partial charge in [-0.3, -0.25) is 0 Å². The van der Waals surface area contributed by atoms with Gasteiger partial charge in [-0.05, 0) is 31.5 Å². The first-order chi connectivity index (χ1) is 6.22. The van der Waals surface area contributed by atoms with Crippen LogP contribution in [0.5, 0.6) is 0 Å². The molecule has 0 saturated carbocycles. The van der Waals surface area contributed by atoms with Crippen molar-refractivity contribution in [3.63, 3.8) is 0 Å². The summed E-state index contributed by atoms with van der Waals surface area (Å²) in [6.07, 6.45) is 2.02. The molecule has 0 amide bonds. The summed E-state index contributed by atoms with van der Waals surface area (Å²) >= 11 is 0. The van der Waals surface area contributed by atoms with Gasteiger partial charge in [-0.15, -0.1) is 0 Å². The highest BCUT2D eigenvalue weighted by Crippen LogP contribution is 2.30. The fourth-order valence-corrected chi connectivity index (χ4v) is 1.88. The minimum absolute atomic E-state index is 0.295. The van der Waals surface area contributed by atoms with Gasteiger partial charge in [-0.25, -0.2) is 4.79 Å². The Morgan fingerprint density at radius 2 is 2.54 bits per heavy atom. The molecule has 4 nitrogen and oxygen atoms in total. The molecule has 1 aliphatic rings. The van der Waals surface area contributed by atoms with Gasteiger partial charge in [0.2, 0.25) is 0 Å². The van der Waals surface area contributed by atoms with E-state index in [1.807, 2.05) is 7.05 Å². The van der Waals surface area contributed by atoms with Crippen molar-refractivity contribution in [3.05, 3.63) is 23.0 Å². The molecule has 0 fully saturated rings. The standard InChI is InChI=1S/C9H12N2O2/c1-10-6-3-2-5-4-7(9(12)13)11-8(5)6/h4,6,10-11H,2-3H2,1H3,(H,12,13)/t6-/m1/s1. The van der Waals surface area contributed by atoms with Crippen LogP contribution in [0.3, 0.4) is 0 Å². The van der Waals surface area contributed by atoms with E-state index in [0.29, 0.717) is 11.7 Å². The topological polar surface area (TPSA) is 65.1 Å². The number of carboxylic acid groups (broad SMARTS) is 1. The molecule has 0 unspecified atom stereocenters. The average molecular weight is 180 g/mol. The lowest BCUT2D eigenvalue weighted by molar-refractivity contribution is 0.0691. The number of carboxylic acids is 1. The van der Waals surface area contributed by atoms with Crippen LogP contribution in [0.4, 0.5) is 0 Å². The number of H-pyrrole nitrogens is 1. The van der Waals surface area contributed by atoms with Crippen molar-refractivity contribution < 1.29 is 9.90 Å². The van der Waals surface area contributed by atoms with E-state index in [0.717, 1.165) is 24.1 Å². The van der Waals surface area contributed by atoms with E-state index in [9.17, 15) is 4.79 Å². The maximum Gasteiger partial charge on any atom is 0.352 e. The fraction of sp³-hybridized carbons (Fsp3) is 0.444. The van der Waals surface area contributed by atoms with E-state index in [1.54, 1.807) is 6.07 Å². The maximum absolute atomic E-state index is 10.6. The Labute approximate surface area is 76.0 Å². The zero-order valence-corrected chi connectivity index (χ0v) is 7.42. The van der Waals surface area contributed by atoms with Crippen LogP contribution >= 0.6 is 0 Å². The lowest BCUT2D eigenvalue weighted by Crippen LogP contribution is -2.13. The number of hydrogen-bond acceptors (Lipinski definition) is 2. The third-order valence-corrected chi connectivity index (χ3v) is 2.56. The van der Waals surface area contributed by atoms with Crippen LogP contribution in [-0.2, 0) is 6.42 Å². The molecule has 0 spiro atoms. The summed E-state index contributed by atoms with van der Waals surface area (Å²) < 4.78 is 0. The van der Waals surface area contributed by atoms with Gasteiger partial charge >= 0.3 is 5.97 Å². The Morgan fingerprint density at radius 3 is 3.15 bits per heavy atom. The van der Waals surface area contributed by atoms with Gasteiger partial charge in [0.25, 0.3) is 0 Å². The Kier molecular flexibility index (Phi) is 1.84. The van der Waals surface area contributed by atoms with Gasteiger partial charge in [-0.2, -0.15) is 0 Å². The summed E-state index contributed by atoms with van der Waals surface area (Å²) in [6, 6.07) is 2.03. The van der Waals surface area contributed by atoms with Crippen molar-refractivity contribution in [2.24, 2.45) is 0 Å². The molecule has 0 aliphatic heterocycles. The lowest BCUT2D eigenvalue weighted by atomic mass is 10.2. The first-order valence-electron chi connectivity index (χ1n) is 4.34. The second-order valence-electron chi connectivity index (χ2n) is 3.31. The number of rotatable bonds is 2. The molecule has 4 heteroatoms. The van der Waals surface area contributed by atoms with Crippen molar-refractivity contribution in [3.8, 4) is 0 Å². The molecule has 70 valence electrons. The molecule has 0 bridgehead atoms. The molecule has 0 saturated heterocycles. The van der Waals surface area contributed by atoms with Crippen LogP contribution in [-0.4, -0.2) is 23.1 Å². The number of aromatic nitrogens is 1. The molecule has 1 atom stereocenters. The highest BCUT2D eigenvalue weighted by Gasteiger charge is 2.24. The van der Waals surface area contributed by atoms with Gasteiger partial charge in [0, 0.05) is 11.7 Å². The first kappa shape index (κ1) is 8.31. The third-order valence-electron chi connectivity index (χ3n) is 2.56. The van der Waals surface area contributed by atoms with E-state index >= 15 is 0 Å². The first-order valence-corrected chi connectivity index (χ1v) is 4.34. The van der Waals surface area contributed by atoms with E-state index < -0.39 is 5.97 Å². The molecule has 1 aliphatic carbocycles. The SMILES string of the molecule is CN[C@@H]1CCc2cc(C(=O)O)[nH]c21. The molecular formula is C9H12N2O2. The summed E-state index contributed by atoms with van der Waals surface area (Å²) in [5, 5.41) is 11.9. The summed E-state index contributed by atoms with van der Waals surface area (Å²) in [5.74, 6) is -0.885. The van der Waals surface area contributed by atoms with E-state index in [4.69, 9.17) is 5.11 Å². The molecule has 13 heavy (non-hydrogen) atoms. The third kappa shape index (κ3) is 1.23. The molecule has 1 heterocycles. The number of nitrogens with one attached hydrogen (secondary N) is 2. The smallest absolute Gasteiger partial charge is 0.352 e. The normalized spacial score (nSPS) is 20.2. The minimum atomic E-state index is -0.885. The quantitative estimate of drug-likeness (QED) is 0.634. The number of fused-ring (bicyclic) bond motifs is 1. The van der Waals surface area contributed by atoms with Crippen LogP contribution in [0.15, 0.2) is 6.07 Å². The number of aryl methyl sites for hydroxylation is 1. The predicted octanol–water partition coefficient (Wildman–Crippen LogP) is 0.920. The summed E-state index contributed by atoms with van der Waals surface area (Å²) in [7, 11) is 1.89. The molecular weight excluding hydrogens is 168 g/mol. The van der Waals surface area contributed by atoms with Gasteiger partial charge in [-0.1, -0.05) is 0 Å². The maximum atomic E-state index is 10.6. The van der Waals surface area contributed by atoms with Crippen LogP contribution in [0, 0.1) is 0 Å². The van der Waals surface area contributed by atoms with Crippen LogP contribution in [0.25, 0.3) is 0 Å². The Bertz CT molecular complexity index is 343. The molecule has 2 rings (SSSR count). The number of aromatic amines is 1. The molecule has 3 N–H and O–H groups in total. The zero-order chi connectivity index (χ0) is 9.42. The van der Waals surface area contributed by atoms with Crippen LogP contribution in [0.2, 0.25) is 0 Å². The Hall–Kier alpha value is -1.29. The van der Waals surface area contributed by atoms with Gasteiger partial charge < -0.3 is 15.4 Å². The van der Waals surface area contributed by atoms with Gasteiger partial charge in [0.05, 0.1) is 0 Å². The average Bonchev–Trinajstić information content (AvgIpc) is 2.60. The Balaban J connectivity index is 2.36. The van der Waals surface area contributed by atoms with Crippen molar-refractivity contribution in [2.75, 3.05) is 7.05 Å². The fourth-order valence-electron chi connectivity index (χ4n) is 1.88. The summed E-state index contributed by atoms with van der Waals surface area (Å²) in [6.45, 7) is 0. The monoisotopic (exact) mass is 180 g/mol. The highest BCUT2D eigenvalue weighted by molar-refractivity contribution is 5.86. The van der Waals surface area contributed by atoms with Gasteiger partial charge in [0.1, 0.15) is 5.69 Å². The van der Waals surface area contributed by atoms with Crippen LogP contribution in [0.1, 0.15) is 34.2 Å². The Morgan fingerprint density at radius 1 is 1.77 bits per heavy atom. The van der Waals surface area contributed by atoms with E-state index in [-0.39, 0.29) is 0 Å². The molecule has 1 aromatic rings. The molecule has 1 aromatic heterocycles. The number of hydrogen-bond donors (Lipinski definition) is 3.